The summed E-state index contributed by atoms with van der Waals surface area (Å²) in [6.45, 7) is 1.09. The summed E-state index contributed by atoms with van der Waals surface area (Å²) in [5.74, 6) is 0.450. The first-order valence-electron chi connectivity index (χ1n) is 6.38. The average molecular weight is 277 g/mol. The van der Waals surface area contributed by atoms with Crippen LogP contribution >= 0.6 is 8.25 Å². The second kappa shape index (κ2) is 6.15. The monoisotopic (exact) mass is 277 g/mol. The summed E-state index contributed by atoms with van der Waals surface area (Å²) >= 11 is 0. The molecule has 2 rings (SSSR count). The molecule has 0 amide bonds. The predicted molar refractivity (Wildman–Crippen MR) is 65.5 cm³/mol. The highest BCUT2D eigenvalue weighted by Gasteiger charge is 2.37. The van der Waals surface area contributed by atoms with Crippen molar-refractivity contribution in [2.45, 2.75) is 31.7 Å². The topological polar surface area (TPSA) is 95.9 Å². The van der Waals surface area contributed by atoms with Gasteiger partial charge < -0.3 is 19.8 Å². The summed E-state index contributed by atoms with van der Waals surface area (Å²) in [4.78, 5) is 19.6. The van der Waals surface area contributed by atoms with Gasteiger partial charge in [-0.3, -0.25) is 9.36 Å². The molecule has 1 saturated carbocycles. The normalized spacial score (nSPS) is 37.8. The van der Waals surface area contributed by atoms with Crippen molar-refractivity contribution in [2.24, 2.45) is 17.8 Å². The van der Waals surface area contributed by atoms with Crippen molar-refractivity contribution in [1.82, 2.24) is 5.32 Å². The number of aliphatic carboxylic acids is 1. The molecule has 1 heterocycles. The molecular weight excluding hydrogens is 257 g/mol. The van der Waals surface area contributed by atoms with Gasteiger partial charge in [0, 0.05) is 0 Å². The molecule has 2 aliphatic rings. The van der Waals surface area contributed by atoms with Crippen molar-refractivity contribution in [3.63, 3.8) is 0 Å². The van der Waals surface area contributed by atoms with Crippen molar-refractivity contribution in [1.29, 1.82) is 0 Å². The second-order valence-corrected chi connectivity index (χ2v) is 6.13. The summed E-state index contributed by atoms with van der Waals surface area (Å²) in [5.41, 5.74) is 0. The van der Waals surface area contributed by atoms with Gasteiger partial charge in [0.05, 0.1) is 6.61 Å². The molecule has 18 heavy (non-hydrogen) atoms. The molecule has 0 aromatic rings. The van der Waals surface area contributed by atoms with Gasteiger partial charge in [0.25, 0.3) is 0 Å². The van der Waals surface area contributed by atoms with E-state index in [4.69, 9.17) is 14.5 Å². The lowest BCUT2D eigenvalue weighted by molar-refractivity contribution is -0.141. The minimum absolute atomic E-state index is 0.292. The van der Waals surface area contributed by atoms with Crippen LogP contribution in [0.3, 0.4) is 0 Å². The van der Waals surface area contributed by atoms with Crippen molar-refractivity contribution in [2.75, 3.05) is 13.2 Å². The van der Waals surface area contributed by atoms with Crippen LogP contribution in [0.2, 0.25) is 0 Å². The third-order valence-corrected chi connectivity index (χ3v) is 4.57. The quantitative estimate of drug-likeness (QED) is 0.660. The molecule has 0 aromatic carbocycles. The number of nitrogens with one attached hydrogen (secondary N) is 1. The van der Waals surface area contributed by atoms with Crippen molar-refractivity contribution in [3.8, 4) is 0 Å². The Hall–Kier alpha value is -0.420. The third-order valence-electron chi connectivity index (χ3n) is 4.15. The van der Waals surface area contributed by atoms with E-state index >= 15 is 0 Å². The van der Waals surface area contributed by atoms with E-state index in [1.165, 1.54) is 0 Å². The first-order valence-corrected chi connectivity index (χ1v) is 7.64. The SMILES string of the molecule is O=C(O)[C@@H]1C[C@H]2C[C@@H](CO[PH](=O)O)CC[C@H]2CN1. The van der Waals surface area contributed by atoms with Gasteiger partial charge in [0.2, 0.25) is 0 Å². The summed E-state index contributed by atoms with van der Waals surface area (Å²) in [7, 11) is -2.84. The molecule has 1 aliphatic carbocycles. The van der Waals surface area contributed by atoms with Crippen molar-refractivity contribution in [3.05, 3.63) is 0 Å². The summed E-state index contributed by atoms with van der Waals surface area (Å²) < 4.78 is 15.3. The zero-order chi connectivity index (χ0) is 13.1. The largest absolute Gasteiger partial charge is 0.480 e. The van der Waals surface area contributed by atoms with E-state index in [2.05, 4.69) is 5.32 Å². The molecule has 5 atom stereocenters. The minimum atomic E-state index is -2.84. The third kappa shape index (κ3) is 3.54. The average Bonchev–Trinajstić information content (AvgIpc) is 2.35. The number of carbonyl (C=O) groups is 1. The van der Waals surface area contributed by atoms with E-state index in [0.717, 1.165) is 25.8 Å². The first-order chi connectivity index (χ1) is 8.56. The number of fused-ring (bicyclic) bond motifs is 1. The molecule has 0 aromatic heterocycles. The lowest BCUT2D eigenvalue weighted by Gasteiger charge is -2.41. The fourth-order valence-electron chi connectivity index (χ4n) is 3.19. The van der Waals surface area contributed by atoms with Gasteiger partial charge in [-0.05, 0) is 50.0 Å². The van der Waals surface area contributed by atoms with Crippen LogP contribution < -0.4 is 5.32 Å². The van der Waals surface area contributed by atoms with Crippen LogP contribution in [-0.2, 0) is 13.9 Å². The van der Waals surface area contributed by atoms with Crippen LogP contribution in [0.15, 0.2) is 0 Å². The number of hydrogen-bond acceptors (Lipinski definition) is 4. The molecule has 0 spiro atoms. The number of hydrogen-bond donors (Lipinski definition) is 3. The maximum Gasteiger partial charge on any atom is 0.320 e. The van der Waals surface area contributed by atoms with E-state index in [1.54, 1.807) is 0 Å². The number of carboxylic acid groups (broad SMARTS) is 1. The van der Waals surface area contributed by atoms with Gasteiger partial charge in [0.1, 0.15) is 6.04 Å². The van der Waals surface area contributed by atoms with Crippen LogP contribution in [0, 0.1) is 17.8 Å². The molecule has 1 saturated heterocycles. The molecule has 2 fully saturated rings. The van der Waals surface area contributed by atoms with E-state index in [1.807, 2.05) is 0 Å². The highest BCUT2D eigenvalue weighted by Crippen LogP contribution is 2.39. The molecule has 104 valence electrons. The Balaban J connectivity index is 1.85. The number of carboxylic acids is 1. The Labute approximate surface area is 107 Å². The van der Waals surface area contributed by atoms with E-state index in [9.17, 15) is 9.36 Å². The van der Waals surface area contributed by atoms with Crippen LogP contribution in [-0.4, -0.2) is 35.2 Å². The molecule has 0 bridgehead atoms. The Bertz CT molecular complexity index is 337. The molecule has 0 radical (unpaired) electrons. The van der Waals surface area contributed by atoms with Crippen molar-refractivity contribution < 1.29 is 23.9 Å². The number of rotatable bonds is 4. The van der Waals surface area contributed by atoms with Crippen LogP contribution in [0.5, 0.6) is 0 Å². The Morgan fingerprint density at radius 2 is 2.11 bits per heavy atom. The molecule has 1 unspecified atom stereocenters. The lowest BCUT2D eigenvalue weighted by Crippen LogP contribution is -2.49. The standard InChI is InChI=1S/C11H20NO5P/c13-11(14)10-4-9-3-7(6-17-18(15)16)1-2-8(9)5-12-10/h7-10,12,18H,1-6H2,(H,13,14)(H,15,16)/t7-,8-,9+,10-/m0/s1. The second-order valence-electron chi connectivity index (χ2n) is 5.31. The van der Waals surface area contributed by atoms with Crippen LogP contribution in [0.1, 0.15) is 25.7 Å². The smallest absolute Gasteiger partial charge is 0.320 e. The minimum Gasteiger partial charge on any atom is -0.480 e. The van der Waals surface area contributed by atoms with E-state index < -0.39 is 20.3 Å². The highest BCUT2D eigenvalue weighted by molar-refractivity contribution is 7.32. The van der Waals surface area contributed by atoms with Gasteiger partial charge in [-0.25, -0.2) is 0 Å². The fraction of sp³-hybridized carbons (Fsp3) is 0.909. The molecule has 1 aliphatic heterocycles. The van der Waals surface area contributed by atoms with Gasteiger partial charge in [-0.2, -0.15) is 0 Å². The Morgan fingerprint density at radius 3 is 2.78 bits per heavy atom. The molecular formula is C11H20NO5P. The summed E-state index contributed by atoms with van der Waals surface area (Å²) in [5, 5.41) is 12.1. The maximum absolute atomic E-state index is 11.0. The van der Waals surface area contributed by atoms with Gasteiger partial charge in [-0.15, -0.1) is 0 Å². The predicted octanol–water partition coefficient (Wildman–Crippen LogP) is 0.864. The number of piperidine rings is 1. The van der Waals surface area contributed by atoms with E-state index in [-0.39, 0.29) is 0 Å². The van der Waals surface area contributed by atoms with Crippen molar-refractivity contribution >= 4 is 14.2 Å². The summed E-state index contributed by atoms with van der Waals surface area (Å²) in [6.07, 6.45) is 3.61. The van der Waals surface area contributed by atoms with Gasteiger partial charge in [0.15, 0.2) is 0 Å². The zero-order valence-electron chi connectivity index (χ0n) is 10.2. The zero-order valence-corrected chi connectivity index (χ0v) is 11.2. The molecule has 6 nitrogen and oxygen atoms in total. The molecule has 7 heteroatoms. The molecule has 3 N–H and O–H groups in total. The van der Waals surface area contributed by atoms with Crippen LogP contribution in [0.25, 0.3) is 0 Å². The van der Waals surface area contributed by atoms with E-state index in [0.29, 0.717) is 30.8 Å². The Kier molecular flexibility index (Phi) is 4.78. The lowest BCUT2D eigenvalue weighted by atomic mass is 9.70. The first kappa shape index (κ1) is 14.0. The van der Waals surface area contributed by atoms with Crippen LogP contribution in [0.4, 0.5) is 0 Å². The maximum atomic E-state index is 11.0. The summed E-state index contributed by atoms with van der Waals surface area (Å²) in [6, 6.07) is -0.442. The van der Waals surface area contributed by atoms with Gasteiger partial charge in [-0.1, -0.05) is 0 Å². The highest BCUT2D eigenvalue weighted by atomic mass is 31.1. The Morgan fingerprint density at radius 1 is 1.33 bits per heavy atom. The fourth-order valence-corrected chi connectivity index (χ4v) is 3.57. The van der Waals surface area contributed by atoms with Gasteiger partial charge >= 0.3 is 14.2 Å².